The number of likely N-dealkylation sites (N-methyl/N-ethyl adjacent to an activating group) is 1. The Bertz CT molecular complexity index is 1080. The van der Waals surface area contributed by atoms with Crippen molar-refractivity contribution in [1.29, 1.82) is 0 Å². The minimum atomic E-state index is -0.0918. The number of aromatic nitrogens is 2. The zero-order valence-electron chi connectivity index (χ0n) is 18.1. The van der Waals surface area contributed by atoms with Crippen molar-refractivity contribution < 1.29 is 4.79 Å². The molecule has 1 amide bonds. The molecule has 6 nitrogen and oxygen atoms in total. The summed E-state index contributed by atoms with van der Waals surface area (Å²) in [6.07, 6.45) is 5.01. The van der Waals surface area contributed by atoms with E-state index in [1.54, 1.807) is 17.0 Å². The van der Waals surface area contributed by atoms with Crippen LogP contribution in [0.4, 0.5) is 0 Å². The molecule has 1 aromatic heterocycles. The minimum absolute atomic E-state index is 0.0787. The molecule has 162 valence electrons. The Morgan fingerprint density at radius 3 is 2.71 bits per heavy atom. The Morgan fingerprint density at radius 1 is 1.10 bits per heavy atom. The highest BCUT2D eigenvalue weighted by atomic mass is 16.2. The van der Waals surface area contributed by atoms with E-state index in [2.05, 4.69) is 34.1 Å². The summed E-state index contributed by atoms with van der Waals surface area (Å²) in [6.45, 7) is 3.36. The summed E-state index contributed by atoms with van der Waals surface area (Å²) >= 11 is 0. The van der Waals surface area contributed by atoms with Crippen LogP contribution >= 0.6 is 0 Å². The highest BCUT2D eigenvalue weighted by Crippen LogP contribution is 2.16. The van der Waals surface area contributed by atoms with Gasteiger partial charge in [-0.2, -0.15) is 0 Å². The molecule has 1 aliphatic heterocycles. The highest BCUT2D eigenvalue weighted by Gasteiger charge is 2.25. The second-order valence-electron chi connectivity index (χ2n) is 8.35. The number of aryl methyl sites for hydroxylation is 1. The molecule has 1 saturated heterocycles. The first-order valence-electron chi connectivity index (χ1n) is 11.1. The molecular formula is C25H30N4O2. The van der Waals surface area contributed by atoms with Gasteiger partial charge in [-0.05, 0) is 43.5 Å². The maximum Gasteiger partial charge on any atom is 0.261 e. The molecule has 0 N–H and O–H groups in total. The van der Waals surface area contributed by atoms with Gasteiger partial charge < -0.3 is 9.80 Å². The Morgan fingerprint density at radius 2 is 1.87 bits per heavy atom. The van der Waals surface area contributed by atoms with Crippen molar-refractivity contribution in [2.45, 2.75) is 38.3 Å². The van der Waals surface area contributed by atoms with Crippen LogP contribution in [-0.2, 0) is 17.8 Å². The molecule has 31 heavy (non-hydrogen) atoms. The van der Waals surface area contributed by atoms with Crippen molar-refractivity contribution in [1.82, 2.24) is 19.4 Å². The van der Waals surface area contributed by atoms with E-state index in [0.29, 0.717) is 23.9 Å². The molecule has 1 unspecified atom stereocenters. The van der Waals surface area contributed by atoms with E-state index >= 15 is 0 Å². The first-order chi connectivity index (χ1) is 15.1. The van der Waals surface area contributed by atoms with Gasteiger partial charge in [-0.3, -0.25) is 14.2 Å². The average molecular weight is 419 g/mol. The molecule has 0 aliphatic carbocycles. The Hall–Kier alpha value is -2.99. The van der Waals surface area contributed by atoms with Crippen LogP contribution in [0, 0.1) is 0 Å². The third-order valence-electron chi connectivity index (χ3n) is 6.28. The van der Waals surface area contributed by atoms with Gasteiger partial charge in [0.15, 0.2) is 0 Å². The third-order valence-corrected chi connectivity index (χ3v) is 6.28. The number of para-hydroxylation sites is 1. The summed E-state index contributed by atoms with van der Waals surface area (Å²) in [4.78, 5) is 34.2. The molecule has 0 saturated carbocycles. The van der Waals surface area contributed by atoms with E-state index in [4.69, 9.17) is 0 Å². The van der Waals surface area contributed by atoms with E-state index < -0.39 is 0 Å². The zero-order chi connectivity index (χ0) is 21.6. The van der Waals surface area contributed by atoms with Gasteiger partial charge in [-0.25, -0.2) is 4.98 Å². The monoisotopic (exact) mass is 418 g/mol. The lowest BCUT2D eigenvalue weighted by atomic mass is 10.0. The zero-order valence-corrected chi connectivity index (χ0v) is 18.1. The highest BCUT2D eigenvalue weighted by molar-refractivity contribution is 5.77. The fraction of sp³-hybridized carbons (Fsp3) is 0.400. The van der Waals surface area contributed by atoms with Gasteiger partial charge in [0, 0.05) is 39.1 Å². The molecule has 3 aromatic rings. The van der Waals surface area contributed by atoms with E-state index in [-0.39, 0.29) is 17.5 Å². The van der Waals surface area contributed by atoms with Crippen LogP contribution in [0.5, 0.6) is 0 Å². The first kappa shape index (κ1) is 21.2. The Kier molecular flexibility index (Phi) is 6.77. The molecule has 0 radical (unpaired) electrons. The second-order valence-corrected chi connectivity index (χ2v) is 8.35. The standard InChI is InChI=1S/C25H30N4O2/c1-27(21-10-7-15-28(18-21)16-13-20-8-3-2-4-9-20)24(30)14-17-29-19-26-23-12-6-5-11-22(23)25(29)31/h2-6,8-9,11-12,19,21H,7,10,13-18H2,1H3. The number of piperidine rings is 1. The van der Waals surface area contributed by atoms with Crippen molar-refractivity contribution in [2.75, 3.05) is 26.7 Å². The molecular weight excluding hydrogens is 388 g/mol. The number of amides is 1. The van der Waals surface area contributed by atoms with Crippen molar-refractivity contribution in [3.63, 3.8) is 0 Å². The lowest BCUT2D eigenvalue weighted by Gasteiger charge is -2.37. The minimum Gasteiger partial charge on any atom is -0.341 e. The SMILES string of the molecule is CN(C(=O)CCn1cnc2ccccc2c1=O)C1CCCN(CCc2ccccc2)C1. The van der Waals surface area contributed by atoms with E-state index in [1.165, 1.54) is 5.56 Å². The van der Waals surface area contributed by atoms with Crippen molar-refractivity contribution >= 4 is 16.8 Å². The Labute approximate surface area is 183 Å². The predicted octanol–water partition coefficient (Wildman–Crippen LogP) is 2.95. The van der Waals surface area contributed by atoms with Crippen LogP contribution in [0.3, 0.4) is 0 Å². The molecule has 1 fully saturated rings. The summed E-state index contributed by atoms with van der Waals surface area (Å²) in [5.41, 5.74) is 1.94. The lowest BCUT2D eigenvalue weighted by Crippen LogP contribution is -2.49. The lowest BCUT2D eigenvalue weighted by molar-refractivity contribution is -0.133. The second kappa shape index (κ2) is 9.88. The van der Waals surface area contributed by atoms with Gasteiger partial charge in [-0.15, -0.1) is 0 Å². The van der Waals surface area contributed by atoms with Crippen LogP contribution in [0.25, 0.3) is 10.9 Å². The van der Waals surface area contributed by atoms with E-state index in [0.717, 1.165) is 38.9 Å². The summed E-state index contributed by atoms with van der Waals surface area (Å²) in [5, 5.41) is 0.590. The Balaban J connectivity index is 1.31. The number of likely N-dealkylation sites (tertiary alicyclic amines) is 1. The molecule has 4 rings (SSSR count). The van der Waals surface area contributed by atoms with E-state index in [9.17, 15) is 9.59 Å². The van der Waals surface area contributed by atoms with Crippen LogP contribution < -0.4 is 5.56 Å². The van der Waals surface area contributed by atoms with Crippen LogP contribution in [0.2, 0.25) is 0 Å². The van der Waals surface area contributed by atoms with Gasteiger partial charge >= 0.3 is 0 Å². The number of fused-ring (bicyclic) bond motifs is 1. The van der Waals surface area contributed by atoms with Gasteiger partial charge in [0.1, 0.15) is 0 Å². The third kappa shape index (κ3) is 5.20. The normalized spacial score (nSPS) is 17.0. The summed E-state index contributed by atoms with van der Waals surface area (Å²) in [7, 11) is 1.90. The maximum absolute atomic E-state index is 12.8. The van der Waals surface area contributed by atoms with Gasteiger partial charge in [0.2, 0.25) is 5.91 Å². The molecule has 1 atom stereocenters. The van der Waals surface area contributed by atoms with E-state index in [1.807, 2.05) is 36.2 Å². The first-order valence-corrected chi connectivity index (χ1v) is 11.1. The number of carbonyl (C=O) groups excluding carboxylic acids is 1. The van der Waals surface area contributed by atoms with Crippen molar-refractivity contribution in [3.8, 4) is 0 Å². The van der Waals surface area contributed by atoms with Crippen LogP contribution in [0.15, 0.2) is 65.7 Å². The largest absolute Gasteiger partial charge is 0.341 e. The van der Waals surface area contributed by atoms with Crippen LogP contribution in [0.1, 0.15) is 24.8 Å². The number of hydrogen-bond acceptors (Lipinski definition) is 4. The van der Waals surface area contributed by atoms with Crippen molar-refractivity contribution in [3.05, 3.63) is 76.8 Å². The quantitative estimate of drug-likeness (QED) is 0.592. The number of hydrogen-bond donors (Lipinski definition) is 0. The van der Waals surface area contributed by atoms with Crippen molar-refractivity contribution in [2.24, 2.45) is 0 Å². The number of carbonyl (C=O) groups is 1. The fourth-order valence-corrected chi connectivity index (χ4v) is 4.34. The van der Waals surface area contributed by atoms with Crippen LogP contribution in [-0.4, -0.2) is 58.0 Å². The smallest absolute Gasteiger partial charge is 0.261 e. The molecule has 1 aliphatic rings. The summed E-state index contributed by atoms with van der Waals surface area (Å²) in [5.74, 6) is 0.0787. The number of benzene rings is 2. The molecule has 6 heteroatoms. The predicted molar refractivity (Wildman–Crippen MR) is 123 cm³/mol. The molecule has 0 spiro atoms. The fourth-order valence-electron chi connectivity index (χ4n) is 4.34. The van der Waals surface area contributed by atoms with Gasteiger partial charge in [0.05, 0.1) is 17.2 Å². The topological polar surface area (TPSA) is 58.4 Å². The number of nitrogens with zero attached hydrogens (tertiary/aromatic N) is 4. The molecule has 2 aromatic carbocycles. The number of rotatable bonds is 7. The summed E-state index contributed by atoms with van der Waals surface area (Å²) in [6, 6.07) is 18.1. The van der Waals surface area contributed by atoms with Gasteiger partial charge in [0.25, 0.3) is 5.56 Å². The summed E-state index contributed by atoms with van der Waals surface area (Å²) < 4.78 is 1.54. The molecule has 0 bridgehead atoms. The average Bonchev–Trinajstić information content (AvgIpc) is 2.82. The molecule has 2 heterocycles. The maximum atomic E-state index is 12.8. The van der Waals surface area contributed by atoms with Gasteiger partial charge in [-0.1, -0.05) is 42.5 Å².